The van der Waals surface area contributed by atoms with Crippen LogP contribution in [0.5, 0.6) is 17.2 Å². The largest absolute Gasteiger partial charge is 0.507 e. The van der Waals surface area contributed by atoms with Gasteiger partial charge in [0.2, 0.25) is 0 Å². The highest BCUT2D eigenvalue weighted by Crippen LogP contribution is 2.43. The highest BCUT2D eigenvalue weighted by Gasteiger charge is 2.47. The Kier molecular flexibility index (Phi) is 7.50. The highest BCUT2D eigenvalue weighted by atomic mass is 35.5. The van der Waals surface area contributed by atoms with Crippen LogP contribution in [-0.4, -0.2) is 37.1 Å². The van der Waals surface area contributed by atoms with Crippen LogP contribution >= 0.6 is 11.6 Å². The minimum Gasteiger partial charge on any atom is -0.507 e. The molecule has 186 valence electrons. The fourth-order valence-corrected chi connectivity index (χ4v) is 4.37. The van der Waals surface area contributed by atoms with Gasteiger partial charge in [-0.15, -0.1) is 0 Å². The van der Waals surface area contributed by atoms with Crippen LogP contribution in [-0.2, 0) is 9.59 Å². The first-order chi connectivity index (χ1) is 17.4. The molecule has 1 aliphatic rings. The molecule has 0 aliphatic carbocycles. The molecule has 1 atom stereocenters. The van der Waals surface area contributed by atoms with E-state index in [0.717, 1.165) is 0 Å². The van der Waals surface area contributed by atoms with E-state index < -0.39 is 17.7 Å². The lowest BCUT2D eigenvalue weighted by Gasteiger charge is -2.26. The molecule has 3 aromatic carbocycles. The summed E-state index contributed by atoms with van der Waals surface area (Å²) in [6.07, 6.45) is 0. The van der Waals surface area contributed by atoms with E-state index in [9.17, 15) is 14.7 Å². The van der Waals surface area contributed by atoms with E-state index in [-0.39, 0.29) is 11.3 Å². The number of nitrogens with zero attached hydrogens (tertiary/aromatic N) is 1. The van der Waals surface area contributed by atoms with Gasteiger partial charge in [0.1, 0.15) is 23.0 Å². The van der Waals surface area contributed by atoms with Crippen molar-refractivity contribution >= 4 is 34.7 Å². The molecule has 1 N–H and O–H groups in total. The maximum absolute atomic E-state index is 13.4. The standard InChI is InChI=1S/C28H26ClNO6/c1-4-35-20-12-9-17(10-13-20)25-24(26(31)18-11-14-22(29)23(15-18)34-3)27(32)28(33)30(25)19-7-6-8-21(16-19)36-5-2/h6-16,25,31H,4-5H2,1-3H3/b26-24+. The van der Waals surface area contributed by atoms with Gasteiger partial charge in [-0.1, -0.05) is 29.8 Å². The summed E-state index contributed by atoms with van der Waals surface area (Å²) in [7, 11) is 1.45. The molecule has 0 radical (unpaired) electrons. The lowest BCUT2D eigenvalue weighted by atomic mass is 9.95. The third kappa shape index (κ3) is 4.75. The molecule has 3 aromatic rings. The zero-order chi connectivity index (χ0) is 25.8. The van der Waals surface area contributed by atoms with Gasteiger partial charge in [-0.2, -0.15) is 0 Å². The zero-order valence-corrected chi connectivity index (χ0v) is 20.9. The number of aliphatic hydroxyl groups is 1. The van der Waals surface area contributed by atoms with Crippen LogP contribution in [0.4, 0.5) is 5.69 Å². The molecule has 7 nitrogen and oxygen atoms in total. The number of ether oxygens (including phenoxy) is 3. The fraction of sp³-hybridized carbons (Fsp3) is 0.214. The van der Waals surface area contributed by atoms with Gasteiger partial charge >= 0.3 is 0 Å². The van der Waals surface area contributed by atoms with Crippen LogP contribution in [0.15, 0.2) is 72.3 Å². The van der Waals surface area contributed by atoms with E-state index in [0.29, 0.717) is 52.3 Å². The number of ketones is 1. The Morgan fingerprint density at radius 2 is 1.64 bits per heavy atom. The maximum Gasteiger partial charge on any atom is 0.300 e. The summed E-state index contributed by atoms with van der Waals surface area (Å²) in [6.45, 7) is 4.69. The summed E-state index contributed by atoms with van der Waals surface area (Å²) in [5.41, 5.74) is 1.35. The summed E-state index contributed by atoms with van der Waals surface area (Å²) in [6, 6.07) is 17.8. The Labute approximate surface area is 214 Å². The van der Waals surface area contributed by atoms with Crippen molar-refractivity contribution in [3.05, 3.63) is 88.5 Å². The number of hydrogen-bond donors (Lipinski definition) is 1. The van der Waals surface area contributed by atoms with Gasteiger partial charge in [0.15, 0.2) is 0 Å². The number of carbonyl (C=O) groups is 2. The lowest BCUT2D eigenvalue weighted by molar-refractivity contribution is -0.132. The smallest absolute Gasteiger partial charge is 0.300 e. The normalized spacial score (nSPS) is 16.8. The number of carbonyl (C=O) groups excluding carboxylic acids is 2. The third-order valence-electron chi connectivity index (χ3n) is 5.78. The molecule has 4 rings (SSSR count). The molecule has 1 amide bonds. The van der Waals surface area contributed by atoms with E-state index in [1.165, 1.54) is 18.1 Å². The number of halogens is 1. The summed E-state index contributed by atoms with van der Waals surface area (Å²) in [4.78, 5) is 28.1. The molecule has 1 aliphatic heterocycles. The van der Waals surface area contributed by atoms with Gasteiger partial charge in [-0.3, -0.25) is 14.5 Å². The molecule has 8 heteroatoms. The quantitative estimate of drug-likeness (QED) is 0.236. The lowest BCUT2D eigenvalue weighted by Crippen LogP contribution is -2.29. The van der Waals surface area contributed by atoms with E-state index in [2.05, 4.69) is 0 Å². The average Bonchev–Trinajstić information content (AvgIpc) is 3.15. The van der Waals surface area contributed by atoms with Crippen LogP contribution in [0.3, 0.4) is 0 Å². The highest BCUT2D eigenvalue weighted by molar-refractivity contribution is 6.51. The number of Topliss-reactive ketones (excluding diaryl/α,β-unsaturated/α-hetero) is 1. The number of rotatable bonds is 8. The zero-order valence-electron chi connectivity index (χ0n) is 20.2. The number of anilines is 1. The number of aliphatic hydroxyl groups excluding tert-OH is 1. The summed E-state index contributed by atoms with van der Waals surface area (Å²) >= 11 is 6.15. The van der Waals surface area contributed by atoms with Crippen molar-refractivity contribution in [3.8, 4) is 17.2 Å². The van der Waals surface area contributed by atoms with Crippen molar-refractivity contribution in [1.82, 2.24) is 0 Å². The van der Waals surface area contributed by atoms with Crippen LogP contribution in [0, 0.1) is 0 Å². The van der Waals surface area contributed by atoms with Gasteiger partial charge in [0, 0.05) is 17.3 Å². The van der Waals surface area contributed by atoms with Crippen molar-refractivity contribution in [1.29, 1.82) is 0 Å². The van der Waals surface area contributed by atoms with Crippen molar-refractivity contribution in [2.45, 2.75) is 19.9 Å². The molecule has 1 fully saturated rings. The third-order valence-corrected chi connectivity index (χ3v) is 6.09. The van der Waals surface area contributed by atoms with E-state index in [4.69, 9.17) is 25.8 Å². The molecule has 1 unspecified atom stereocenters. The predicted octanol–water partition coefficient (Wildman–Crippen LogP) is 5.77. The molecule has 0 saturated carbocycles. The van der Waals surface area contributed by atoms with Crippen molar-refractivity contribution in [2.75, 3.05) is 25.2 Å². The molecule has 36 heavy (non-hydrogen) atoms. The van der Waals surface area contributed by atoms with Crippen LogP contribution in [0.25, 0.3) is 5.76 Å². The van der Waals surface area contributed by atoms with Gasteiger partial charge in [-0.05, 0) is 61.9 Å². The number of methoxy groups -OCH3 is 1. The SMILES string of the molecule is CCOc1ccc(C2/C(=C(\O)c3ccc(Cl)c(OC)c3)C(=O)C(=O)N2c2cccc(OCC)c2)cc1. The van der Waals surface area contributed by atoms with Gasteiger partial charge in [0.05, 0.1) is 37.0 Å². The molecular formula is C28H26ClNO6. The molecule has 1 heterocycles. The van der Waals surface area contributed by atoms with Crippen molar-refractivity contribution in [3.63, 3.8) is 0 Å². The summed E-state index contributed by atoms with van der Waals surface area (Å²) < 4.78 is 16.4. The van der Waals surface area contributed by atoms with E-state index in [1.807, 2.05) is 13.8 Å². The monoisotopic (exact) mass is 507 g/mol. The van der Waals surface area contributed by atoms with Crippen molar-refractivity contribution in [2.24, 2.45) is 0 Å². The number of amides is 1. The fourth-order valence-electron chi connectivity index (χ4n) is 4.18. The Morgan fingerprint density at radius 1 is 0.944 bits per heavy atom. The average molecular weight is 508 g/mol. The Balaban J connectivity index is 1.91. The topological polar surface area (TPSA) is 85.3 Å². The Bertz CT molecular complexity index is 1320. The van der Waals surface area contributed by atoms with Crippen LogP contribution < -0.4 is 19.1 Å². The first-order valence-corrected chi connectivity index (χ1v) is 11.9. The van der Waals surface area contributed by atoms with Crippen molar-refractivity contribution < 1.29 is 28.9 Å². The number of hydrogen-bond acceptors (Lipinski definition) is 6. The maximum atomic E-state index is 13.4. The number of benzene rings is 3. The second-order valence-corrected chi connectivity index (χ2v) is 8.36. The minimum atomic E-state index is -0.890. The van der Waals surface area contributed by atoms with Crippen LogP contribution in [0.1, 0.15) is 31.0 Å². The summed E-state index contributed by atoms with van der Waals surface area (Å²) in [5, 5.41) is 11.7. The van der Waals surface area contributed by atoms with Gasteiger partial charge in [-0.25, -0.2) is 0 Å². The second kappa shape index (κ2) is 10.7. The minimum absolute atomic E-state index is 0.0460. The molecular weight excluding hydrogens is 482 g/mol. The Morgan fingerprint density at radius 3 is 2.31 bits per heavy atom. The second-order valence-electron chi connectivity index (χ2n) is 7.95. The molecule has 0 spiro atoms. The molecule has 0 aromatic heterocycles. The summed E-state index contributed by atoms with van der Waals surface area (Å²) in [5.74, 6) is -0.349. The molecule has 1 saturated heterocycles. The van der Waals surface area contributed by atoms with Gasteiger partial charge < -0.3 is 19.3 Å². The first kappa shape index (κ1) is 25.1. The van der Waals surface area contributed by atoms with Gasteiger partial charge in [0.25, 0.3) is 11.7 Å². The first-order valence-electron chi connectivity index (χ1n) is 11.5. The van der Waals surface area contributed by atoms with E-state index >= 15 is 0 Å². The Hall–Kier alpha value is -3.97. The van der Waals surface area contributed by atoms with E-state index in [1.54, 1.807) is 60.7 Å². The molecule has 0 bridgehead atoms. The van der Waals surface area contributed by atoms with Crippen LogP contribution in [0.2, 0.25) is 5.02 Å². The predicted molar refractivity (Wildman–Crippen MR) is 138 cm³/mol.